The SMILES string of the molecule is CNCCCCC(NC(=O)CCCCCCCCC(C)=O)C(=O)NC(CO)CCO. The summed E-state index contributed by atoms with van der Waals surface area (Å²) in [6, 6.07) is -1.14. The molecule has 2 unspecified atom stereocenters. The van der Waals surface area contributed by atoms with Crippen LogP contribution in [0.25, 0.3) is 0 Å². The first kappa shape index (κ1) is 28.5. The van der Waals surface area contributed by atoms with Gasteiger partial charge in [-0.25, -0.2) is 0 Å². The molecule has 0 saturated carbocycles. The van der Waals surface area contributed by atoms with E-state index in [0.717, 1.165) is 57.9 Å². The average molecular weight is 430 g/mol. The second-order valence-electron chi connectivity index (χ2n) is 7.94. The Bertz CT molecular complexity index is 474. The van der Waals surface area contributed by atoms with Crippen molar-refractivity contribution in [2.75, 3.05) is 26.8 Å². The van der Waals surface area contributed by atoms with Crippen molar-refractivity contribution in [3.8, 4) is 0 Å². The summed E-state index contributed by atoms with van der Waals surface area (Å²) in [6.07, 6.45) is 9.35. The van der Waals surface area contributed by atoms with Gasteiger partial charge in [0.15, 0.2) is 0 Å². The van der Waals surface area contributed by atoms with Crippen LogP contribution in [0.5, 0.6) is 0 Å². The summed E-state index contributed by atoms with van der Waals surface area (Å²) in [5.74, 6) is -0.216. The zero-order chi connectivity index (χ0) is 22.6. The highest BCUT2D eigenvalue weighted by Gasteiger charge is 2.22. The molecule has 0 fully saturated rings. The molecular weight excluding hydrogens is 386 g/mol. The van der Waals surface area contributed by atoms with Crippen molar-refractivity contribution in [2.45, 2.75) is 96.1 Å². The zero-order valence-corrected chi connectivity index (χ0v) is 18.9. The van der Waals surface area contributed by atoms with E-state index in [2.05, 4.69) is 16.0 Å². The minimum Gasteiger partial charge on any atom is -0.396 e. The highest BCUT2D eigenvalue weighted by atomic mass is 16.3. The van der Waals surface area contributed by atoms with Crippen molar-refractivity contribution >= 4 is 17.6 Å². The summed E-state index contributed by atoms with van der Waals surface area (Å²) < 4.78 is 0. The van der Waals surface area contributed by atoms with E-state index in [1.165, 1.54) is 0 Å². The second-order valence-corrected chi connectivity index (χ2v) is 7.94. The Morgan fingerprint density at radius 1 is 0.800 bits per heavy atom. The largest absolute Gasteiger partial charge is 0.396 e. The highest BCUT2D eigenvalue weighted by molar-refractivity contribution is 5.87. The monoisotopic (exact) mass is 429 g/mol. The van der Waals surface area contributed by atoms with Gasteiger partial charge in [-0.2, -0.15) is 0 Å². The maximum atomic E-state index is 12.6. The quantitative estimate of drug-likeness (QED) is 0.186. The van der Waals surface area contributed by atoms with Crippen LogP contribution in [0.1, 0.15) is 84.0 Å². The number of hydrogen-bond acceptors (Lipinski definition) is 6. The number of carbonyl (C=O) groups excluding carboxylic acids is 3. The molecular formula is C22H43N3O5. The highest BCUT2D eigenvalue weighted by Crippen LogP contribution is 2.09. The van der Waals surface area contributed by atoms with Gasteiger partial charge >= 0.3 is 0 Å². The molecule has 0 spiro atoms. The second kappa shape index (κ2) is 19.5. The molecule has 0 rings (SSSR count). The van der Waals surface area contributed by atoms with Crippen LogP contribution in [-0.4, -0.2) is 66.7 Å². The lowest BCUT2D eigenvalue weighted by atomic mass is 10.1. The van der Waals surface area contributed by atoms with Crippen molar-refractivity contribution in [3.63, 3.8) is 0 Å². The molecule has 0 aromatic rings. The summed E-state index contributed by atoms with van der Waals surface area (Å²) in [7, 11) is 1.87. The number of rotatable bonds is 20. The Morgan fingerprint density at radius 2 is 1.43 bits per heavy atom. The van der Waals surface area contributed by atoms with Gasteiger partial charge in [0, 0.05) is 19.4 Å². The molecule has 8 nitrogen and oxygen atoms in total. The molecule has 2 atom stereocenters. The normalized spacial score (nSPS) is 12.9. The van der Waals surface area contributed by atoms with E-state index in [0.29, 0.717) is 19.3 Å². The van der Waals surface area contributed by atoms with Gasteiger partial charge in [0.25, 0.3) is 0 Å². The Kier molecular flexibility index (Phi) is 18.5. The van der Waals surface area contributed by atoms with E-state index < -0.39 is 12.1 Å². The van der Waals surface area contributed by atoms with Crippen molar-refractivity contribution in [1.29, 1.82) is 0 Å². The number of Topliss-reactive ketones (excluding diaryl/α,β-unsaturated/α-hetero) is 1. The van der Waals surface area contributed by atoms with Crippen LogP contribution >= 0.6 is 0 Å². The smallest absolute Gasteiger partial charge is 0.242 e. The average Bonchev–Trinajstić information content (AvgIpc) is 2.71. The lowest BCUT2D eigenvalue weighted by Gasteiger charge is -2.22. The predicted octanol–water partition coefficient (Wildman–Crippen LogP) is 1.43. The standard InChI is InChI=1S/C22H43N3O5/c1-18(28)11-7-5-3-4-6-8-13-21(29)25-20(12-9-10-15-23-2)22(30)24-19(17-27)14-16-26/h19-20,23,26-27H,3-17H2,1-2H3,(H,24,30)(H,25,29). The number of aliphatic hydroxyl groups is 2. The van der Waals surface area contributed by atoms with Gasteiger partial charge in [0.1, 0.15) is 11.8 Å². The van der Waals surface area contributed by atoms with Gasteiger partial charge in [-0.15, -0.1) is 0 Å². The van der Waals surface area contributed by atoms with Crippen molar-refractivity contribution in [1.82, 2.24) is 16.0 Å². The fourth-order valence-electron chi connectivity index (χ4n) is 3.22. The molecule has 30 heavy (non-hydrogen) atoms. The predicted molar refractivity (Wildman–Crippen MR) is 118 cm³/mol. The first-order valence-electron chi connectivity index (χ1n) is 11.4. The Morgan fingerprint density at radius 3 is 2.00 bits per heavy atom. The van der Waals surface area contributed by atoms with Gasteiger partial charge in [0.05, 0.1) is 12.6 Å². The van der Waals surface area contributed by atoms with Gasteiger partial charge in [-0.1, -0.05) is 25.7 Å². The number of ketones is 1. The molecule has 0 radical (unpaired) electrons. The molecule has 0 aliphatic rings. The fraction of sp³-hybridized carbons (Fsp3) is 0.864. The third kappa shape index (κ3) is 16.3. The first-order chi connectivity index (χ1) is 14.4. The number of nitrogens with one attached hydrogen (secondary N) is 3. The first-order valence-corrected chi connectivity index (χ1v) is 11.4. The number of hydrogen-bond donors (Lipinski definition) is 5. The van der Waals surface area contributed by atoms with E-state index in [4.69, 9.17) is 5.11 Å². The number of amides is 2. The van der Waals surface area contributed by atoms with Crippen LogP contribution in [0.15, 0.2) is 0 Å². The molecule has 0 heterocycles. The van der Waals surface area contributed by atoms with Gasteiger partial charge in [-0.3, -0.25) is 9.59 Å². The maximum absolute atomic E-state index is 12.6. The summed E-state index contributed by atoms with van der Waals surface area (Å²) in [5, 5.41) is 27.0. The number of unbranched alkanes of at least 4 members (excludes halogenated alkanes) is 6. The third-order valence-corrected chi connectivity index (χ3v) is 5.05. The van der Waals surface area contributed by atoms with Crippen LogP contribution in [0.3, 0.4) is 0 Å². The minimum absolute atomic E-state index is 0.126. The van der Waals surface area contributed by atoms with Crippen molar-refractivity contribution in [2.24, 2.45) is 0 Å². The van der Waals surface area contributed by atoms with E-state index in [-0.39, 0.29) is 37.2 Å². The molecule has 0 aliphatic carbocycles. The van der Waals surface area contributed by atoms with Gasteiger partial charge in [-0.05, 0) is 59.0 Å². The maximum Gasteiger partial charge on any atom is 0.242 e. The molecule has 176 valence electrons. The molecule has 0 bridgehead atoms. The number of aliphatic hydroxyl groups excluding tert-OH is 2. The summed E-state index contributed by atoms with van der Waals surface area (Å²) in [4.78, 5) is 35.8. The lowest BCUT2D eigenvalue weighted by Crippen LogP contribution is -2.50. The van der Waals surface area contributed by atoms with Crippen LogP contribution in [0.2, 0.25) is 0 Å². The molecule has 8 heteroatoms. The number of carbonyl (C=O) groups is 3. The minimum atomic E-state index is -0.631. The molecule has 0 aliphatic heterocycles. The molecule has 0 saturated heterocycles. The van der Waals surface area contributed by atoms with Gasteiger partial charge < -0.3 is 31.0 Å². The summed E-state index contributed by atoms with van der Waals surface area (Å²) >= 11 is 0. The van der Waals surface area contributed by atoms with Crippen LogP contribution in [-0.2, 0) is 14.4 Å². The van der Waals surface area contributed by atoms with Crippen molar-refractivity contribution < 1.29 is 24.6 Å². The molecule has 5 N–H and O–H groups in total. The lowest BCUT2D eigenvalue weighted by molar-refractivity contribution is -0.130. The fourth-order valence-corrected chi connectivity index (χ4v) is 3.22. The Labute approximate surface area is 181 Å². The van der Waals surface area contributed by atoms with Crippen LogP contribution in [0.4, 0.5) is 0 Å². The summed E-state index contributed by atoms with van der Waals surface area (Å²) in [6.45, 7) is 2.08. The summed E-state index contributed by atoms with van der Waals surface area (Å²) in [5.41, 5.74) is 0. The zero-order valence-electron chi connectivity index (χ0n) is 18.9. The van der Waals surface area contributed by atoms with Crippen LogP contribution < -0.4 is 16.0 Å². The topological polar surface area (TPSA) is 128 Å². The molecule has 2 amide bonds. The van der Waals surface area contributed by atoms with E-state index >= 15 is 0 Å². The van der Waals surface area contributed by atoms with E-state index in [9.17, 15) is 19.5 Å². The molecule has 0 aromatic heterocycles. The van der Waals surface area contributed by atoms with E-state index in [1.807, 2.05) is 7.05 Å². The Hall–Kier alpha value is -1.51. The third-order valence-electron chi connectivity index (χ3n) is 5.05. The van der Waals surface area contributed by atoms with Gasteiger partial charge in [0.2, 0.25) is 11.8 Å². The van der Waals surface area contributed by atoms with Crippen LogP contribution in [0, 0.1) is 0 Å². The van der Waals surface area contributed by atoms with Crippen molar-refractivity contribution in [3.05, 3.63) is 0 Å². The molecule has 0 aromatic carbocycles. The Balaban J connectivity index is 4.30. The van der Waals surface area contributed by atoms with E-state index in [1.54, 1.807) is 6.92 Å².